The van der Waals surface area contributed by atoms with E-state index in [4.69, 9.17) is 4.74 Å². The van der Waals surface area contributed by atoms with Crippen molar-refractivity contribution in [2.24, 2.45) is 0 Å². The second kappa shape index (κ2) is 12.2. The molecular formula is C27H43N3O4. The van der Waals surface area contributed by atoms with Gasteiger partial charge in [0.2, 0.25) is 11.8 Å². The summed E-state index contributed by atoms with van der Waals surface area (Å²) >= 11 is 0. The Kier molecular flexibility index (Phi) is 9.95. The molecule has 0 spiro atoms. The van der Waals surface area contributed by atoms with Crippen LogP contribution >= 0.6 is 0 Å². The van der Waals surface area contributed by atoms with E-state index in [-0.39, 0.29) is 17.9 Å². The van der Waals surface area contributed by atoms with Crippen molar-refractivity contribution in [2.75, 3.05) is 6.54 Å². The molecule has 2 rings (SSSR count). The number of hydrogen-bond acceptors (Lipinski definition) is 4. The van der Waals surface area contributed by atoms with E-state index in [9.17, 15) is 14.4 Å². The Balaban J connectivity index is 2.37. The van der Waals surface area contributed by atoms with E-state index >= 15 is 0 Å². The Labute approximate surface area is 205 Å². The third-order valence-corrected chi connectivity index (χ3v) is 6.37. The topological polar surface area (TPSA) is 87.7 Å². The van der Waals surface area contributed by atoms with Crippen LogP contribution in [-0.4, -0.2) is 47.0 Å². The van der Waals surface area contributed by atoms with Crippen LogP contribution in [0.15, 0.2) is 18.2 Å². The zero-order valence-electron chi connectivity index (χ0n) is 22.0. The van der Waals surface area contributed by atoms with Crippen LogP contribution in [0.5, 0.6) is 0 Å². The van der Waals surface area contributed by atoms with Gasteiger partial charge in [-0.2, -0.15) is 0 Å². The van der Waals surface area contributed by atoms with E-state index in [1.54, 1.807) is 32.6 Å². The second-order valence-electron chi connectivity index (χ2n) is 10.4. The lowest BCUT2D eigenvalue weighted by atomic mass is 9.87. The quantitative estimate of drug-likeness (QED) is 0.471. The fraction of sp³-hybridized carbons (Fsp3) is 0.667. The van der Waals surface area contributed by atoms with Crippen LogP contribution in [0.4, 0.5) is 4.79 Å². The van der Waals surface area contributed by atoms with Crippen molar-refractivity contribution in [3.63, 3.8) is 0 Å². The molecule has 0 bridgehead atoms. The third kappa shape index (κ3) is 7.47. The Bertz CT molecular complexity index is 858. The Morgan fingerprint density at radius 3 is 2.38 bits per heavy atom. The van der Waals surface area contributed by atoms with Gasteiger partial charge in [-0.1, -0.05) is 38.0 Å². The van der Waals surface area contributed by atoms with Crippen molar-refractivity contribution in [2.45, 2.75) is 111 Å². The molecular weight excluding hydrogens is 430 g/mol. The second-order valence-corrected chi connectivity index (χ2v) is 10.4. The zero-order chi connectivity index (χ0) is 25.5. The van der Waals surface area contributed by atoms with Gasteiger partial charge in [-0.05, 0) is 83.9 Å². The zero-order valence-corrected chi connectivity index (χ0v) is 22.0. The maximum absolute atomic E-state index is 13.7. The van der Waals surface area contributed by atoms with E-state index in [1.807, 2.05) is 32.0 Å². The van der Waals surface area contributed by atoms with E-state index < -0.39 is 23.8 Å². The average molecular weight is 474 g/mol. The van der Waals surface area contributed by atoms with Crippen molar-refractivity contribution in [1.82, 2.24) is 15.5 Å². The largest absolute Gasteiger partial charge is 0.444 e. The molecule has 2 N–H and O–H groups in total. The smallest absolute Gasteiger partial charge is 0.408 e. The summed E-state index contributed by atoms with van der Waals surface area (Å²) < 4.78 is 5.34. The molecule has 34 heavy (non-hydrogen) atoms. The van der Waals surface area contributed by atoms with Crippen LogP contribution in [0.1, 0.15) is 95.9 Å². The molecule has 1 aliphatic carbocycles. The Hall–Kier alpha value is -2.57. The highest BCUT2D eigenvalue weighted by molar-refractivity contribution is 5.92. The van der Waals surface area contributed by atoms with Crippen molar-refractivity contribution in [3.8, 4) is 0 Å². The summed E-state index contributed by atoms with van der Waals surface area (Å²) in [5, 5.41) is 5.73. The summed E-state index contributed by atoms with van der Waals surface area (Å²) in [6.45, 7) is 13.7. The lowest BCUT2D eigenvalue weighted by Gasteiger charge is -2.43. The number of nitrogens with zero attached hydrogens (tertiary/aromatic N) is 1. The number of aryl methyl sites for hydroxylation is 1. The predicted octanol–water partition coefficient (Wildman–Crippen LogP) is 4.95. The van der Waals surface area contributed by atoms with E-state index in [0.717, 1.165) is 55.2 Å². The Morgan fingerprint density at radius 1 is 1.15 bits per heavy atom. The number of carbonyl (C=O) groups excluding carboxylic acids is 3. The molecule has 3 amide bonds. The van der Waals surface area contributed by atoms with Gasteiger partial charge in [-0.3, -0.25) is 9.59 Å². The molecule has 190 valence electrons. The minimum atomic E-state index is -0.823. The number of carbonyl (C=O) groups is 3. The summed E-state index contributed by atoms with van der Waals surface area (Å²) in [6.07, 6.45) is 5.06. The maximum Gasteiger partial charge on any atom is 0.408 e. The standard InChI is InChI=1S/C27H43N3O4/c1-8-9-10-17-28-24(31)23(22-16-11-13-18(2)19(22)3)30(21-14-12-15-21)25(32)20(4)29-26(33)34-27(5,6)7/h11,13,16,20-21,23H,8-10,12,14-15,17H2,1-7H3,(H,28,31)(H,29,33). The van der Waals surface area contributed by atoms with Crippen molar-refractivity contribution in [3.05, 3.63) is 34.9 Å². The molecule has 0 radical (unpaired) electrons. The molecule has 0 aromatic heterocycles. The highest BCUT2D eigenvalue weighted by Gasteiger charge is 2.41. The minimum absolute atomic E-state index is 0.0401. The molecule has 1 aromatic rings. The molecule has 1 fully saturated rings. The van der Waals surface area contributed by atoms with Gasteiger partial charge in [0.05, 0.1) is 0 Å². The molecule has 2 unspecified atom stereocenters. The van der Waals surface area contributed by atoms with Gasteiger partial charge >= 0.3 is 6.09 Å². The lowest BCUT2D eigenvalue weighted by Crippen LogP contribution is -2.56. The number of hydrogen-bond donors (Lipinski definition) is 2. The number of benzene rings is 1. The first kappa shape index (κ1) is 27.7. The van der Waals surface area contributed by atoms with Gasteiger partial charge in [0, 0.05) is 12.6 Å². The first-order valence-electron chi connectivity index (χ1n) is 12.6. The third-order valence-electron chi connectivity index (χ3n) is 6.37. The fourth-order valence-electron chi connectivity index (χ4n) is 4.12. The van der Waals surface area contributed by atoms with Gasteiger partial charge in [0.1, 0.15) is 17.7 Å². The maximum atomic E-state index is 13.7. The number of alkyl carbamates (subject to hydrolysis) is 1. The van der Waals surface area contributed by atoms with Crippen molar-refractivity contribution in [1.29, 1.82) is 0 Å². The molecule has 1 aromatic carbocycles. The van der Waals surface area contributed by atoms with Crippen molar-refractivity contribution < 1.29 is 19.1 Å². The molecule has 1 aliphatic rings. The SMILES string of the molecule is CCCCCNC(=O)C(c1cccc(C)c1C)N(C(=O)C(C)NC(=O)OC(C)(C)C)C1CCC1. The number of unbranched alkanes of at least 4 members (excludes halogenated alkanes) is 2. The van der Waals surface area contributed by atoms with Gasteiger partial charge in [0.15, 0.2) is 0 Å². The average Bonchev–Trinajstić information content (AvgIpc) is 2.70. The Morgan fingerprint density at radius 2 is 1.82 bits per heavy atom. The minimum Gasteiger partial charge on any atom is -0.444 e. The van der Waals surface area contributed by atoms with Crippen LogP contribution in [0, 0.1) is 13.8 Å². The normalized spacial score (nSPS) is 15.6. The molecule has 7 nitrogen and oxygen atoms in total. The summed E-state index contributed by atoms with van der Waals surface area (Å²) in [6, 6.07) is 4.27. The molecule has 7 heteroatoms. The fourth-order valence-corrected chi connectivity index (χ4v) is 4.12. The lowest BCUT2D eigenvalue weighted by molar-refractivity contribution is -0.147. The molecule has 0 heterocycles. The molecule has 0 saturated heterocycles. The van der Waals surface area contributed by atoms with Crippen molar-refractivity contribution >= 4 is 17.9 Å². The van der Waals surface area contributed by atoms with E-state index in [2.05, 4.69) is 17.6 Å². The van der Waals surface area contributed by atoms with Gasteiger partial charge in [0.25, 0.3) is 0 Å². The van der Waals surface area contributed by atoms with Crippen LogP contribution in [0.3, 0.4) is 0 Å². The van der Waals surface area contributed by atoms with Crippen LogP contribution in [0.2, 0.25) is 0 Å². The van der Waals surface area contributed by atoms with Gasteiger partial charge in [-0.25, -0.2) is 4.79 Å². The highest BCUT2D eigenvalue weighted by atomic mass is 16.6. The van der Waals surface area contributed by atoms with Gasteiger partial charge in [-0.15, -0.1) is 0 Å². The van der Waals surface area contributed by atoms with Crippen LogP contribution in [-0.2, 0) is 14.3 Å². The molecule has 0 aliphatic heterocycles. The monoisotopic (exact) mass is 473 g/mol. The van der Waals surface area contributed by atoms with E-state index in [1.165, 1.54) is 0 Å². The number of amides is 3. The number of nitrogens with one attached hydrogen (secondary N) is 2. The molecule has 2 atom stereocenters. The first-order valence-corrected chi connectivity index (χ1v) is 12.6. The molecule has 1 saturated carbocycles. The number of rotatable bonds is 10. The first-order chi connectivity index (χ1) is 16.0. The van der Waals surface area contributed by atoms with Crippen LogP contribution < -0.4 is 10.6 Å². The summed E-state index contributed by atoms with van der Waals surface area (Å²) in [5.74, 6) is -0.445. The summed E-state index contributed by atoms with van der Waals surface area (Å²) in [5.41, 5.74) is 2.24. The van der Waals surface area contributed by atoms with E-state index in [0.29, 0.717) is 6.54 Å². The van der Waals surface area contributed by atoms with Crippen LogP contribution in [0.25, 0.3) is 0 Å². The predicted molar refractivity (Wildman–Crippen MR) is 135 cm³/mol. The summed E-state index contributed by atoms with van der Waals surface area (Å²) in [7, 11) is 0. The number of ether oxygens (including phenoxy) is 1. The van der Waals surface area contributed by atoms with Gasteiger partial charge < -0.3 is 20.3 Å². The summed E-state index contributed by atoms with van der Waals surface area (Å²) in [4.78, 5) is 41.4. The highest BCUT2D eigenvalue weighted by Crippen LogP contribution is 2.35.